The Labute approximate surface area is 125 Å². The number of hydrogen-bond donors (Lipinski definition) is 0. The van der Waals surface area contributed by atoms with Crippen molar-refractivity contribution in [3.05, 3.63) is 35.4 Å². The molecule has 4 nitrogen and oxygen atoms in total. The Balaban J connectivity index is 1.64. The Morgan fingerprint density at radius 2 is 1.67 bits per heavy atom. The lowest BCUT2D eigenvalue weighted by molar-refractivity contribution is -0.0387. The van der Waals surface area contributed by atoms with Gasteiger partial charge in [0.1, 0.15) is 6.23 Å². The number of carbonyl (C=O) groups is 2. The van der Waals surface area contributed by atoms with Gasteiger partial charge in [0.05, 0.1) is 17.7 Å². The van der Waals surface area contributed by atoms with E-state index in [4.69, 9.17) is 4.74 Å². The lowest BCUT2D eigenvalue weighted by atomic mass is 9.90. The molecule has 2 amide bonds. The van der Waals surface area contributed by atoms with Crippen LogP contribution >= 0.6 is 0 Å². The third-order valence-corrected chi connectivity index (χ3v) is 4.49. The number of rotatable bonds is 4. The fourth-order valence-corrected chi connectivity index (χ4v) is 3.24. The monoisotopic (exact) mass is 287 g/mol. The molecule has 1 aliphatic carbocycles. The van der Waals surface area contributed by atoms with Gasteiger partial charge in [-0.2, -0.15) is 0 Å². The number of nitrogens with zero attached hydrogens (tertiary/aromatic N) is 1. The predicted octanol–water partition coefficient (Wildman–Crippen LogP) is 3.23. The number of imide groups is 1. The molecule has 1 fully saturated rings. The van der Waals surface area contributed by atoms with Crippen molar-refractivity contribution in [2.75, 3.05) is 6.61 Å². The van der Waals surface area contributed by atoms with Gasteiger partial charge < -0.3 is 4.74 Å². The Morgan fingerprint density at radius 1 is 1.10 bits per heavy atom. The summed E-state index contributed by atoms with van der Waals surface area (Å²) in [6, 6.07) is 6.95. The highest BCUT2D eigenvalue weighted by atomic mass is 16.5. The molecule has 3 rings (SSSR count). The average molecular weight is 287 g/mol. The predicted molar refractivity (Wildman–Crippen MR) is 78.9 cm³/mol. The topological polar surface area (TPSA) is 46.6 Å². The summed E-state index contributed by atoms with van der Waals surface area (Å²) in [6.45, 7) is 2.42. The molecule has 112 valence electrons. The third kappa shape index (κ3) is 2.72. The summed E-state index contributed by atoms with van der Waals surface area (Å²) in [5, 5.41) is 0. The van der Waals surface area contributed by atoms with Crippen LogP contribution in [-0.2, 0) is 4.74 Å². The number of carbonyl (C=O) groups excluding carboxylic acids is 2. The molecule has 1 unspecified atom stereocenters. The largest absolute Gasteiger partial charge is 0.358 e. The van der Waals surface area contributed by atoms with E-state index < -0.39 is 6.23 Å². The quantitative estimate of drug-likeness (QED) is 0.799. The van der Waals surface area contributed by atoms with Gasteiger partial charge in [-0.1, -0.05) is 31.4 Å². The second-order valence-corrected chi connectivity index (χ2v) is 5.96. The van der Waals surface area contributed by atoms with Crippen LogP contribution in [0.2, 0.25) is 0 Å². The maximum Gasteiger partial charge on any atom is 0.263 e. The number of ether oxygens (including phenoxy) is 1. The Bertz CT molecular complexity index is 514. The molecule has 1 aliphatic heterocycles. The summed E-state index contributed by atoms with van der Waals surface area (Å²) >= 11 is 0. The Morgan fingerprint density at radius 3 is 2.24 bits per heavy atom. The fourth-order valence-electron chi connectivity index (χ4n) is 3.24. The molecule has 2 aliphatic rings. The smallest absolute Gasteiger partial charge is 0.263 e. The first kappa shape index (κ1) is 14.3. The van der Waals surface area contributed by atoms with E-state index in [0.717, 1.165) is 0 Å². The van der Waals surface area contributed by atoms with E-state index in [1.54, 1.807) is 31.2 Å². The summed E-state index contributed by atoms with van der Waals surface area (Å²) in [6.07, 6.45) is 5.71. The van der Waals surface area contributed by atoms with Crippen LogP contribution in [0, 0.1) is 5.92 Å². The summed E-state index contributed by atoms with van der Waals surface area (Å²) < 4.78 is 5.82. The fraction of sp³-hybridized carbons (Fsp3) is 0.529. The number of fused-ring (bicyclic) bond motifs is 1. The van der Waals surface area contributed by atoms with Gasteiger partial charge in [-0.3, -0.25) is 9.59 Å². The van der Waals surface area contributed by atoms with Gasteiger partial charge in [-0.05, 0) is 37.8 Å². The first-order chi connectivity index (χ1) is 10.2. The minimum Gasteiger partial charge on any atom is -0.358 e. The van der Waals surface area contributed by atoms with E-state index in [1.165, 1.54) is 37.0 Å². The molecule has 1 aromatic carbocycles. The van der Waals surface area contributed by atoms with Crippen LogP contribution in [0.25, 0.3) is 0 Å². The highest BCUT2D eigenvalue weighted by molar-refractivity contribution is 6.21. The van der Waals surface area contributed by atoms with Crippen molar-refractivity contribution in [3.8, 4) is 0 Å². The molecule has 1 atom stereocenters. The van der Waals surface area contributed by atoms with Crippen molar-refractivity contribution in [2.24, 2.45) is 5.92 Å². The van der Waals surface area contributed by atoms with Crippen molar-refractivity contribution < 1.29 is 14.3 Å². The van der Waals surface area contributed by atoms with Crippen molar-refractivity contribution in [3.63, 3.8) is 0 Å². The van der Waals surface area contributed by atoms with Crippen molar-refractivity contribution in [1.29, 1.82) is 0 Å². The van der Waals surface area contributed by atoms with Crippen molar-refractivity contribution >= 4 is 11.8 Å². The van der Waals surface area contributed by atoms with Gasteiger partial charge in [0.15, 0.2) is 0 Å². The standard InChI is InChI=1S/C17H21NO3/c1-12(21-11-13-7-3-2-4-8-13)18-16(19)14-9-5-6-10-15(14)17(18)20/h5-6,9-10,12-13H,2-4,7-8,11H2,1H3. The van der Waals surface area contributed by atoms with Crippen LogP contribution in [0.1, 0.15) is 59.7 Å². The lowest BCUT2D eigenvalue weighted by Gasteiger charge is -2.27. The molecule has 4 heteroatoms. The summed E-state index contributed by atoms with van der Waals surface area (Å²) in [7, 11) is 0. The molecular weight excluding hydrogens is 266 g/mol. The molecule has 1 saturated carbocycles. The van der Waals surface area contributed by atoms with Gasteiger partial charge >= 0.3 is 0 Å². The van der Waals surface area contributed by atoms with E-state index in [-0.39, 0.29) is 11.8 Å². The van der Waals surface area contributed by atoms with Gasteiger partial charge in [0.2, 0.25) is 0 Å². The van der Waals surface area contributed by atoms with Crippen LogP contribution < -0.4 is 0 Å². The molecule has 0 bridgehead atoms. The molecule has 0 aromatic heterocycles. The molecular formula is C17H21NO3. The number of amides is 2. The molecule has 0 radical (unpaired) electrons. The first-order valence-corrected chi connectivity index (χ1v) is 7.77. The van der Waals surface area contributed by atoms with Gasteiger partial charge in [0, 0.05) is 0 Å². The molecule has 0 N–H and O–H groups in total. The zero-order valence-corrected chi connectivity index (χ0v) is 12.4. The minimum absolute atomic E-state index is 0.244. The molecule has 1 heterocycles. The van der Waals surface area contributed by atoms with E-state index in [2.05, 4.69) is 0 Å². The van der Waals surface area contributed by atoms with Gasteiger partial charge in [-0.15, -0.1) is 0 Å². The Hall–Kier alpha value is -1.68. The minimum atomic E-state index is -0.501. The van der Waals surface area contributed by atoms with Crippen LogP contribution in [0.3, 0.4) is 0 Å². The maximum atomic E-state index is 12.3. The number of hydrogen-bond acceptors (Lipinski definition) is 3. The molecule has 0 spiro atoms. The lowest BCUT2D eigenvalue weighted by Crippen LogP contribution is -2.40. The summed E-state index contributed by atoms with van der Waals surface area (Å²) in [5.41, 5.74) is 0.964. The van der Waals surface area contributed by atoms with E-state index >= 15 is 0 Å². The van der Waals surface area contributed by atoms with E-state index in [1.807, 2.05) is 0 Å². The third-order valence-electron chi connectivity index (χ3n) is 4.49. The second kappa shape index (κ2) is 5.98. The highest BCUT2D eigenvalue weighted by Crippen LogP contribution is 2.27. The van der Waals surface area contributed by atoms with Crippen molar-refractivity contribution in [1.82, 2.24) is 4.90 Å². The van der Waals surface area contributed by atoms with Crippen molar-refractivity contribution in [2.45, 2.75) is 45.3 Å². The van der Waals surface area contributed by atoms with Crippen LogP contribution in [-0.4, -0.2) is 29.5 Å². The normalized spacial score (nSPS) is 20.7. The van der Waals surface area contributed by atoms with Gasteiger partial charge in [0.25, 0.3) is 11.8 Å². The van der Waals surface area contributed by atoms with Gasteiger partial charge in [-0.25, -0.2) is 4.90 Å². The molecule has 0 saturated heterocycles. The SMILES string of the molecule is CC(OCC1CCCCC1)N1C(=O)c2ccccc2C1=O. The maximum absolute atomic E-state index is 12.3. The zero-order valence-electron chi connectivity index (χ0n) is 12.4. The Kier molecular flexibility index (Phi) is 4.06. The van der Waals surface area contributed by atoms with Crippen LogP contribution in [0.5, 0.6) is 0 Å². The van der Waals surface area contributed by atoms with E-state index in [9.17, 15) is 9.59 Å². The average Bonchev–Trinajstić information content (AvgIpc) is 2.78. The first-order valence-electron chi connectivity index (χ1n) is 7.77. The second-order valence-electron chi connectivity index (χ2n) is 5.96. The van der Waals surface area contributed by atoms with Crippen LogP contribution in [0.15, 0.2) is 24.3 Å². The number of benzene rings is 1. The zero-order chi connectivity index (χ0) is 14.8. The highest BCUT2D eigenvalue weighted by Gasteiger charge is 2.38. The molecule has 1 aromatic rings. The summed E-state index contributed by atoms with van der Waals surface area (Å²) in [4.78, 5) is 25.9. The van der Waals surface area contributed by atoms with Crippen LogP contribution in [0.4, 0.5) is 0 Å². The van der Waals surface area contributed by atoms with E-state index in [0.29, 0.717) is 23.7 Å². The molecule has 21 heavy (non-hydrogen) atoms. The summed E-state index contributed by atoms with van der Waals surface area (Å²) in [5.74, 6) is 0.0786.